The fourth-order valence-electron chi connectivity index (χ4n) is 1.41. The Morgan fingerprint density at radius 1 is 1.54 bits per heavy atom. The molecular formula is C9H11N3O. The molecule has 1 aliphatic heterocycles. The number of hydrazine groups is 1. The predicted molar refractivity (Wildman–Crippen MR) is 47.5 cm³/mol. The molecule has 1 unspecified atom stereocenters. The van der Waals surface area contributed by atoms with Crippen molar-refractivity contribution in [2.24, 2.45) is 0 Å². The number of hydrogen-bond acceptors (Lipinski definition) is 3. The SMILES string of the molecule is O=C1CCC(c2cccnc2)NN1. The molecule has 1 aromatic rings. The number of aromatic nitrogens is 1. The fourth-order valence-corrected chi connectivity index (χ4v) is 1.41. The molecule has 0 aromatic carbocycles. The summed E-state index contributed by atoms with van der Waals surface area (Å²) in [6.45, 7) is 0. The van der Waals surface area contributed by atoms with E-state index in [9.17, 15) is 4.79 Å². The van der Waals surface area contributed by atoms with E-state index in [-0.39, 0.29) is 11.9 Å². The molecule has 1 atom stereocenters. The Labute approximate surface area is 76.3 Å². The van der Waals surface area contributed by atoms with Crippen LogP contribution < -0.4 is 10.9 Å². The highest BCUT2D eigenvalue weighted by molar-refractivity contribution is 5.76. The lowest BCUT2D eigenvalue weighted by molar-refractivity contribution is -0.124. The first-order valence-electron chi connectivity index (χ1n) is 4.30. The maximum Gasteiger partial charge on any atom is 0.234 e. The normalized spacial score (nSPS) is 22.5. The van der Waals surface area contributed by atoms with Crippen molar-refractivity contribution in [3.63, 3.8) is 0 Å². The molecule has 1 aliphatic rings. The number of nitrogens with zero attached hydrogens (tertiary/aromatic N) is 1. The van der Waals surface area contributed by atoms with Crippen LogP contribution in [0.1, 0.15) is 24.4 Å². The fraction of sp³-hybridized carbons (Fsp3) is 0.333. The molecule has 0 aliphatic carbocycles. The van der Waals surface area contributed by atoms with Gasteiger partial charge in [0.25, 0.3) is 0 Å². The maximum atomic E-state index is 10.9. The summed E-state index contributed by atoms with van der Waals surface area (Å²) in [5.74, 6) is 0.0557. The number of rotatable bonds is 1. The van der Waals surface area contributed by atoms with E-state index in [1.165, 1.54) is 0 Å². The average Bonchev–Trinajstić information content (AvgIpc) is 2.20. The zero-order valence-corrected chi connectivity index (χ0v) is 7.16. The summed E-state index contributed by atoms with van der Waals surface area (Å²) in [5, 5.41) is 0. The van der Waals surface area contributed by atoms with Crippen LogP contribution in [0.3, 0.4) is 0 Å². The van der Waals surface area contributed by atoms with Gasteiger partial charge in [0, 0.05) is 18.8 Å². The minimum Gasteiger partial charge on any atom is -0.291 e. The largest absolute Gasteiger partial charge is 0.291 e. The van der Waals surface area contributed by atoms with Crippen LogP contribution in [-0.4, -0.2) is 10.9 Å². The van der Waals surface area contributed by atoms with E-state index in [1.807, 2.05) is 18.3 Å². The first kappa shape index (κ1) is 8.19. The van der Waals surface area contributed by atoms with Gasteiger partial charge in [-0.2, -0.15) is 0 Å². The van der Waals surface area contributed by atoms with Crippen LogP contribution in [-0.2, 0) is 4.79 Å². The smallest absolute Gasteiger partial charge is 0.234 e. The summed E-state index contributed by atoms with van der Waals surface area (Å²) >= 11 is 0. The quantitative estimate of drug-likeness (QED) is 0.658. The Bertz CT molecular complexity index is 289. The van der Waals surface area contributed by atoms with E-state index in [2.05, 4.69) is 15.8 Å². The van der Waals surface area contributed by atoms with Gasteiger partial charge in [-0.05, 0) is 18.1 Å². The van der Waals surface area contributed by atoms with Crippen LogP contribution in [0, 0.1) is 0 Å². The van der Waals surface area contributed by atoms with Gasteiger partial charge in [-0.1, -0.05) is 6.07 Å². The van der Waals surface area contributed by atoms with Gasteiger partial charge < -0.3 is 0 Å². The summed E-state index contributed by atoms with van der Waals surface area (Å²) in [5.41, 5.74) is 6.67. The third-order valence-electron chi connectivity index (χ3n) is 2.13. The number of hydrogen-bond donors (Lipinski definition) is 2. The molecule has 2 N–H and O–H groups in total. The molecule has 1 fully saturated rings. The third-order valence-corrected chi connectivity index (χ3v) is 2.13. The van der Waals surface area contributed by atoms with E-state index in [4.69, 9.17) is 0 Å². The van der Waals surface area contributed by atoms with Crippen molar-refractivity contribution in [2.75, 3.05) is 0 Å². The zero-order chi connectivity index (χ0) is 9.10. The van der Waals surface area contributed by atoms with Gasteiger partial charge in [0.2, 0.25) is 5.91 Å². The molecule has 1 amide bonds. The standard InChI is InChI=1S/C9H11N3O/c13-9-4-3-8(11-12-9)7-2-1-5-10-6-7/h1-2,5-6,8,11H,3-4H2,(H,12,13). The van der Waals surface area contributed by atoms with E-state index >= 15 is 0 Å². The van der Waals surface area contributed by atoms with E-state index in [0.29, 0.717) is 6.42 Å². The Hall–Kier alpha value is -1.42. The minimum atomic E-state index is 0.0557. The van der Waals surface area contributed by atoms with Crippen LogP contribution >= 0.6 is 0 Å². The Morgan fingerprint density at radius 3 is 3.08 bits per heavy atom. The van der Waals surface area contributed by atoms with Crippen LogP contribution in [0.25, 0.3) is 0 Å². The van der Waals surface area contributed by atoms with Crippen LogP contribution in [0.4, 0.5) is 0 Å². The van der Waals surface area contributed by atoms with Crippen molar-refractivity contribution >= 4 is 5.91 Å². The van der Waals surface area contributed by atoms with Crippen molar-refractivity contribution in [2.45, 2.75) is 18.9 Å². The molecule has 68 valence electrons. The molecule has 0 bridgehead atoms. The Balaban J connectivity index is 2.07. The topological polar surface area (TPSA) is 54.0 Å². The molecule has 0 spiro atoms. The van der Waals surface area contributed by atoms with Gasteiger partial charge in [0.05, 0.1) is 6.04 Å². The van der Waals surface area contributed by atoms with E-state index < -0.39 is 0 Å². The molecule has 13 heavy (non-hydrogen) atoms. The molecule has 4 heteroatoms. The molecule has 0 saturated carbocycles. The van der Waals surface area contributed by atoms with Crippen molar-refractivity contribution in [1.82, 2.24) is 15.8 Å². The number of carbonyl (C=O) groups excluding carboxylic acids is 1. The van der Waals surface area contributed by atoms with Gasteiger partial charge in [-0.3, -0.25) is 15.2 Å². The second-order valence-electron chi connectivity index (χ2n) is 3.07. The first-order chi connectivity index (χ1) is 6.36. The summed E-state index contributed by atoms with van der Waals surface area (Å²) < 4.78 is 0. The van der Waals surface area contributed by atoms with Gasteiger partial charge in [-0.25, -0.2) is 5.43 Å². The lowest BCUT2D eigenvalue weighted by atomic mass is 10.0. The molecule has 1 aromatic heterocycles. The summed E-state index contributed by atoms with van der Waals surface area (Å²) in [6.07, 6.45) is 4.96. The van der Waals surface area contributed by atoms with E-state index in [0.717, 1.165) is 12.0 Å². The first-order valence-corrected chi connectivity index (χ1v) is 4.30. The van der Waals surface area contributed by atoms with Gasteiger partial charge in [0.15, 0.2) is 0 Å². The molecule has 2 heterocycles. The second kappa shape index (κ2) is 3.53. The van der Waals surface area contributed by atoms with E-state index in [1.54, 1.807) is 6.20 Å². The number of pyridine rings is 1. The van der Waals surface area contributed by atoms with Crippen LogP contribution in [0.5, 0.6) is 0 Å². The monoisotopic (exact) mass is 177 g/mol. The van der Waals surface area contributed by atoms with Crippen LogP contribution in [0.15, 0.2) is 24.5 Å². The average molecular weight is 177 g/mol. The van der Waals surface area contributed by atoms with Crippen molar-refractivity contribution in [3.8, 4) is 0 Å². The number of amides is 1. The number of nitrogens with one attached hydrogen (secondary N) is 2. The zero-order valence-electron chi connectivity index (χ0n) is 7.16. The number of carbonyl (C=O) groups is 1. The lowest BCUT2D eigenvalue weighted by Gasteiger charge is -2.23. The highest BCUT2D eigenvalue weighted by Gasteiger charge is 2.18. The van der Waals surface area contributed by atoms with Gasteiger partial charge in [0.1, 0.15) is 0 Å². The molecule has 0 radical (unpaired) electrons. The second-order valence-corrected chi connectivity index (χ2v) is 3.07. The summed E-state index contributed by atoms with van der Waals surface area (Å²) in [4.78, 5) is 14.9. The van der Waals surface area contributed by atoms with Gasteiger partial charge >= 0.3 is 0 Å². The Morgan fingerprint density at radius 2 is 2.46 bits per heavy atom. The highest BCUT2D eigenvalue weighted by atomic mass is 16.2. The summed E-state index contributed by atoms with van der Waals surface area (Å²) in [6, 6.07) is 4.10. The predicted octanol–water partition coefficient (Wildman–Crippen LogP) is 0.537. The summed E-state index contributed by atoms with van der Waals surface area (Å²) in [7, 11) is 0. The Kier molecular flexibility index (Phi) is 2.23. The van der Waals surface area contributed by atoms with Crippen molar-refractivity contribution < 1.29 is 4.79 Å². The van der Waals surface area contributed by atoms with Crippen molar-refractivity contribution in [3.05, 3.63) is 30.1 Å². The van der Waals surface area contributed by atoms with Crippen molar-refractivity contribution in [1.29, 1.82) is 0 Å². The van der Waals surface area contributed by atoms with Crippen LogP contribution in [0.2, 0.25) is 0 Å². The highest BCUT2D eigenvalue weighted by Crippen LogP contribution is 2.18. The lowest BCUT2D eigenvalue weighted by Crippen LogP contribution is -2.44. The van der Waals surface area contributed by atoms with Gasteiger partial charge in [-0.15, -0.1) is 0 Å². The molecule has 1 saturated heterocycles. The molecule has 2 rings (SSSR count). The molecule has 4 nitrogen and oxygen atoms in total. The third kappa shape index (κ3) is 1.84. The minimum absolute atomic E-state index is 0.0557. The maximum absolute atomic E-state index is 10.9. The molecular weight excluding hydrogens is 166 g/mol.